The Labute approximate surface area is 60.3 Å². The second kappa shape index (κ2) is 3.88. The SMILES string of the molecule is CS(=O)(=O)CC(F)CCN. The first-order valence-corrected chi connectivity index (χ1v) is 5.03. The van der Waals surface area contributed by atoms with Crippen LogP contribution in [0.1, 0.15) is 6.42 Å². The van der Waals surface area contributed by atoms with Crippen LogP contribution in [0.2, 0.25) is 0 Å². The molecule has 62 valence electrons. The van der Waals surface area contributed by atoms with Gasteiger partial charge in [-0.1, -0.05) is 0 Å². The second-order valence-electron chi connectivity index (χ2n) is 2.27. The molecule has 1 unspecified atom stereocenters. The van der Waals surface area contributed by atoms with Gasteiger partial charge in [-0.2, -0.15) is 0 Å². The molecular weight excluding hydrogens is 157 g/mol. The average molecular weight is 169 g/mol. The molecule has 0 bridgehead atoms. The first kappa shape index (κ1) is 9.84. The van der Waals surface area contributed by atoms with E-state index in [0.29, 0.717) is 0 Å². The van der Waals surface area contributed by atoms with E-state index >= 15 is 0 Å². The lowest BCUT2D eigenvalue weighted by molar-refractivity contribution is 0.347. The fourth-order valence-electron chi connectivity index (χ4n) is 0.593. The molecule has 0 amide bonds. The molecule has 10 heavy (non-hydrogen) atoms. The molecule has 0 saturated heterocycles. The van der Waals surface area contributed by atoms with Crippen LogP contribution in [0.3, 0.4) is 0 Å². The maximum atomic E-state index is 12.4. The Balaban J connectivity index is 3.69. The largest absolute Gasteiger partial charge is 0.330 e. The average Bonchev–Trinajstić information content (AvgIpc) is 1.59. The van der Waals surface area contributed by atoms with E-state index in [1.807, 2.05) is 0 Å². The van der Waals surface area contributed by atoms with E-state index in [4.69, 9.17) is 5.73 Å². The van der Waals surface area contributed by atoms with Crippen LogP contribution >= 0.6 is 0 Å². The lowest BCUT2D eigenvalue weighted by atomic mass is 10.3. The summed E-state index contributed by atoms with van der Waals surface area (Å²) in [6, 6.07) is 0. The number of hydrogen-bond acceptors (Lipinski definition) is 3. The van der Waals surface area contributed by atoms with E-state index in [0.717, 1.165) is 6.26 Å². The lowest BCUT2D eigenvalue weighted by Gasteiger charge is -2.02. The van der Waals surface area contributed by atoms with Gasteiger partial charge in [0, 0.05) is 6.26 Å². The van der Waals surface area contributed by atoms with Crippen molar-refractivity contribution >= 4 is 9.84 Å². The number of halogens is 1. The third kappa shape index (κ3) is 5.97. The van der Waals surface area contributed by atoms with Gasteiger partial charge in [0.05, 0.1) is 5.75 Å². The summed E-state index contributed by atoms with van der Waals surface area (Å²) in [5, 5.41) is 0. The second-order valence-corrected chi connectivity index (χ2v) is 4.45. The molecule has 0 aromatic heterocycles. The van der Waals surface area contributed by atoms with Gasteiger partial charge in [0.1, 0.15) is 16.0 Å². The summed E-state index contributed by atoms with van der Waals surface area (Å²) in [7, 11) is -3.18. The van der Waals surface area contributed by atoms with Crippen molar-refractivity contribution in [1.29, 1.82) is 0 Å². The maximum Gasteiger partial charge on any atom is 0.150 e. The van der Waals surface area contributed by atoms with Crippen molar-refractivity contribution < 1.29 is 12.8 Å². The molecule has 0 aromatic carbocycles. The maximum absolute atomic E-state index is 12.4. The molecule has 5 heteroatoms. The van der Waals surface area contributed by atoms with Gasteiger partial charge in [-0.3, -0.25) is 0 Å². The van der Waals surface area contributed by atoms with Crippen LogP contribution < -0.4 is 5.73 Å². The molecule has 0 aliphatic rings. The molecule has 0 aliphatic heterocycles. The summed E-state index contributed by atoms with van der Waals surface area (Å²) < 4.78 is 33.3. The molecular formula is C5H12FNO2S. The normalized spacial score (nSPS) is 15.1. The highest BCUT2D eigenvalue weighted by molar-refractivity contribution is 7.90. The smallest absolute Gasteiger partial charge is 0.150 e. The van der Waals surface area contributed by atoms with Gasteiger partial charge in [-0.15, -0.1) is 0 Å². The third-order valence-electron chi connectivity index (χ3n) is 0.963. The molecule has 0 aliphatic carbocycles. The van der Waals surface area contributed by atoms with Crippen LogP contribution in [0, 0.1) is 0 Å². The molecule has 0 radical (unpaired) electrons. The third-order valence-corrected chi connectivity index (χ3v) is 1.93. The van der Waals surface area contributed by atoms with Crippen molar-refractivity contribution in [2.24, 2.45) is 5.73 Å². The molecule has 0 heterocycles. The van der Waals surface area contributed by atoms with Gasteiger partial charge < -0.3 is 5.73 Å². The minimum atomic E-state index is -3.18. The van der Waals surface area contributed by atoms with Crippen LogP contribution in [0.15, 0.2) is 0 Å². The topological polar surface area (TPSA) is 60.2 Å². The van der Waals surface area contributed by atoms with Crippen LogP contribution in [-0.2, 0) is 9.84 Å². The molecule has 0 fully saturated rings. The minimum Gasteiger partial charge on any atom is -0.330 e. The van der Waals surface area contributed by atoms with Crippen LogP contribution in [0.5, 0.6) is 0 Å². The summed E-state index contributed by atoms with van der Waals surface area (Å²) in [5.41, 5.74) is 5.01. The molecule has 0 spiro atoms. The number of sulfone groups is 1. The summed E-state index contributed by atoms with van der Waals surface area (Å²) in [5.74, 6) is -0.413. The van der Waals surface area contributed by atoms with E-state index in [1.54, 1.807) is 0 Å². The quantitative estimate of drug-likeness (QED) is 0.629. The van der Waals surface area contributed by atoms with Crippen molar-refractivity contribution in [3.63, 3.8) is 0 Å². The lowest BCUT2D eigenvalue weighted by Crippen LogP contribution is -2.19. The van der Waals surface area contributed by atoms with Crippen LogP contribution in [0.4, 0.5) is 4.39 Å². The highest BCUT2D eigenvalue weighted by Crippen LogP contribution is 1.99. The van der Waals surface area contributed by atoms with Gasteiger partial charge in [-0.25, -0.2) is 12.8 Å². The van der Waals surface area contributed by atoms with E-state index < -0.39 is 21.8 Å². The monoisotopic (exact) mass is 169 g/mol. The Kier molecular flexibility index (Phi) is 3.81. The van der Waals surface area contributed by atoms with Gasteiger partial charge in [0.2, 0.25) is 0 Å². The molecule has 1 atom stereocenters. The van der Waals surface area contributed by atoms with Crippen molar-refractivity contribution in [3.05, 3.63) is 0 Å². The minimum absolute atomic E-state index is 0.118. The number of alkyl halides is 1. The van der Waals surface area contributed by atoms with Crippen molar-refractivity contribution in [3.8, 4) is 0 Å². The highest BCUT2D eigenvalue weighted by Gasteiger charge is 2.12. The van der Waals surface area contributed by atoms with E-state index in [2.05, 4.69) is 0 Å². The Morgan fingerprint density at radius 2 is 2.10 bits per heavy atom. The zero-order valence-corrected chi connectivity index (χ0v) is 6.70. The van der Waals surface area contributed by atoms with Gasteiger partial charge in [0.15, 0.2) is 0 Å². The van der Waals surface area contributed by atoms with Gasteiger partial charge >= 0.3 is 0 Å². The van der Waals surface area contributed by atoms with E-state index in [1.165, 1.54) is 0 Å². The van der Waals surface area contributed by atoms with E-state index in [-0.39, 0.29) is 13.0 Å². The molecule has 3 nitrogen and oxygen atoms in total. The van der Waals surface area contributed by atoms with Gasteiger partial charge in [0.25, 0.3) is 0 Å². The molecule has 0 saturated carbocycles. The first-order valence-electron chi connectivity index (χ1n) is 2.97. The highest BCUT2D eigenvalue weighted by atomic mass is 32.2. The van der Waals surface area contributed by atoms with Crippen molar-refractivity contribution in [2.75, 3.05) is 18.6 Å². The Morgan fingerprint density at radius 1 is 1.60 bits per heavy atom. The first-order chi connectivity index (χ1) is 4.45. The zero-order chi connectivity index (χ0) is 8.20. The van der Waals surface area contributed by atoms with Gasteiger partial charge in [-0.05, 0) is 13.0 Å². The standard InChI is InChI=1S/C5H12FNO2S/c1-10(8,9)4-5(6)2-3-7/h5H,2-4,7H2,1H3. The van der Waals surface area contributed by atoms with E-state index in [9.17, 15) is 12.8 Å². The Hall–Kier alpha value is -0.160. The van der Waals surface area contributed by atoms with Crippen molar-refractivity contribution in [2.45, 2.75) is 12.6 Å². The number of rotatable bonds is 4. The Bertz CT molecular complexity index is 178. The predicted molar refractivity (Wildman–Crippen MR) is 38.3 cm³/mol. The molecule has 2 N–H and O–H groups in total. The number of hydrogen-bond donors (Lipinski definition) is 1. The van der Waals surface area contributed by atoms with Crippen LogP contribution in [-0.4, -0.2) is 33.1 Å². The Morgan fingerprint density at radius 3 is 2.40 bits per heavy atom. The summed E-state index contributed by atoms with van der Waals surface area (Å²) in [6.45, 7) is 0.191. The zero-order valence-electron chi connectivity index (χ0n) is 5.88. The summed E-state index contributed by atoms with van der Waals surface area (Å²) in [6.07, 6.45) is -0.177. The van der Waals surface area contributed by atoms with Crippen LogP contribution in [0.25, 0.3) is 0 Å². The molecule has 0 rings (SSSR count). The fraction of sp³-hybridized carbons (Fsp3) is 1.00. The molecule has 0 aromatic rings. The predicted octanol–water partition coefficient (Wildman–Crippen LogP) is -0.282. The summed E-state index contributed by atoms with van der Waals surface area (Å²) >= 11 is 0. The number of nitrogens with two attached hydrogens (primary N) is 1. The fourth-order valence-corrected chi connectivity index (χ4v) is 1.42. The summed E-state index contributed by atoms with van der Waals surface area (Å²) in [4.78, 5) is 0. The van der Waals surface area contributed by atoms with Crippen molar-refractivity contribution in [1.82, 2.24) is 0 Å².